The van der Waals surface area contributed by atoms with Gasteiger partial charge in [-0.25, -0.2) is 5.43 Å². The number of anilines is 1. The van der Waals surface area contributed by atoms with Gasteiger partial charge in [0, 0.05) is 37.2 Å². The monoisotopic (exact) mass is 382 g/mol. The Labute approximate surface area is 169 Å². The first-order valence-corrected chi connectivity index (χ1v) is 9.40. The molecule has 0 spiro atoms. The lowest BCUT2D eigenvalue weighted by Gasteiger charge is -2.13. The van der Waals surface area contributed by atoms with Crippen LogP contribution >= 0.6 is 0 Å². The van der Waals surface area contributed by atoms with Crippen molar-refractivity contribution in [2.45, 2.75) is 0 Å². The smallest absolute Gasteiger partial charge is 0.271 e. The SMILES string of the molecule is CN(C)c1ccc(-n2cccc2/C=N\NC(=O)c2cccc3ccccc23)cc1. The van der Waals surface area contributed by atoms with Crippen molar-refractivity contribution >= 4 is 28.6 Å². The summed E-state index contributed by atoms with van der Waals surface area (Å²) < 4.78 is 2.02. The molecule has 0 aliphatic carbocycles. The molecule has 0 saturated heterocycles. The van der Waals surface area contributed by atoms with Crippen LogP contribution in [0.1, 0.15) is 16.1 Å². The van der Waals surface area contributed by atoms with Gasteiger partial charge < -0.3 is 9.47 Å². The molecular formula is C24H22N4O. The summed E-state index contributed by atoms with van der Waals surface area (Å²) in [7, 11) is 4.03. The highest BCUT2D eigenvalue weighted by molar-refractivity contribution is 6.07. The third kappa shape index (κ3) is 3.89. The zero-order chi connectivity index (χ0) is 20.2. The molecule has 0 radical (unpaired) electrons. The van der Waals surface area contributed by atoms with Crippen LogP contribution in [0.3, 0.4) is 0 Å². The van der Waals surface area contributed by atoms with Crippen LogP contribution in [-0.2, 0) is 0 Å². The molecule has 144 valence electrons. The van der Waals surface area contributed by atoms with Crippen molar-refractivity contribution in [3.63, 3.8) is 0 Å². The number of amides is 1. The minimum absolute atomic E-state index is 0.230. The molecule has 0 saturated carbocycles. The Morgan fingerprint density at radius 3 is 2.48 bits per heavy atom. The number of hydrazone groups is 1. The molecule has 1 amide bonds. The van der Waals surface area contributed by atoms with Gasteiger partial charge in [0.2, 0.25) is 0 Å². The second-order valence-corrected chi connectivity index (χ2v) is 6.94. The minimum Gasteiger partial charge on any atom is -0.378 e. The predicted molar refractivity (Wildman–Crippen MR) is 119 cm³/mol. The molecule has 3 aromatic carbocycles. The average Bonchev–Trinajstić information content (AvgIpc) is 3.22. The van der Waals surface area contributed by atoms with Gasteiger partial charge in [-0.1, -0.05) is 36.4 Å². The normalized spacial score (nSPS) is 11.1. The minimum atomic E-state index is -0.230. The molecule has 0 fully saturated rings. The van der Waals surface area contributed by atoms with E-state index in [9.17, 15) is 4.79 Å². The average molecular weight is 382 g/mol. The molecular weight excluding hydrogens is 360 g/mol. The number of hydrogen-bond acceptors (Lipinski definition) is 3. The number of hydrogen-bond donors (Lipinski definition) is 1. The molecule has 0 aliphatic heterocycles. The lowest BCUT2D eigenvalue weighted by Crippen LogP contribution is -2.18. The number of carbonyl (C=O) groups is 1. The Bertz CT molecular complexity index is 1170. The standard InChI is InChI=1S/C24H22N4O/c1-27(2)19-12-14-20(15-13-19)28-16-6-9-21(28)17-25-26-24(29)23-11-5-8-18-7-3-4-10-22(18)23/h3-17H,1-2H3,(H,26,29)/b25-17-. The Morgan fingerprint density at radius 2 is 1.69 bits per heavy atom. The van der Waals surface area contributed by atoms with Crippen molar-refractivity contribution in [1.82, 2.24) is 9.99 Å². The summed E-state index contributed by atoms with van der Waals surface area (Å²) in [6.45, 7) is 0. The second kappa shape index (κ2) is 8.02. The first kappa shape index (κ1) is 18.5. The van der Waals surface area contributed by atoms with Crippen LogP contribution in [0.25, 0.3) is 16.5 Å². The number of rotatable bonds is 5. The fraction of sp³-hybridized carbons (Fsp3) is 0.0833. The van der Waals surface area contributed by atoms with Crippen LogP contribution < -0.4 is 10.3 Å². The third-order valence-electron chi connectivity index (χ3n) is 4.82. The highest BCUT2D eigenvalue weighted by Gasteiger charge is 2.08. The van der Waals surface area contributed by atoms with Crippen LogP contribution in [-0.4, -0.2) is 30.8 Å². The van der Waals surface area contributed by atoms with Crippen molar-refractivity contribution < 1.29 is 4.79 Å². The van der Waals surface area contributed by atoms with E-state index in [1.54, 1.807) is 6.21 Å². The van der Waals surface area contributed by atoms with Crippen LogP contribution in [0.15, 0.2) is 90.2 Å². The Balaban J connectivity index is 1.52. The fourth-order valence-corrected chi connectivity index (χ4v) is 3.29. The summed E-state index contributed by atoms with van der Waals surface area (Å²) in [6.07, 6.45) is 3.63. The predicted octanol–water partition coefficient (Wildman–Crippen LogP) is 4.46. The maximum atomic E-state index is 12.6. The van der Waals surface area contributed by atoms with Gasteiger partial charge in [-0.3, -0.25) is 4.79 Å². The first-order chi connectivity index (χ1) is 14.1. The highest BCUT2D eigenvalue weighted by atomic mass is 16.2. The molecule has 1 heterocycles. The molecule has 0 unspecified atom stereocenters. The lowest BCUT2D eigenvalue weighted by molar-refractivity contribution is 0.0957. The van der Waals surface area contributed by atoms with Gasteiger partial charge in [-0.2, -0.15) is 5.10 Å². The Morgan fingerprint density at radius 1 is 0.931 bits per heavy atom. The summed E-state index contributed by atoms with van der Waals surface area (Å²) in [6, 6.07) is 25.6. The van der Waals surface area contributed by atoms with E-state index < -0.39 is 0 Å². The number of fused-ring (bicyclic) bond motifs is 1. The molecule has 1 aromatic heterocycles. The van der Waals surface area contributed by atoms with Crippen LogP contribution in [0.4, 0.5) is 5.69 Å². The van der Waals surface area contributed by atoms with Crippen LogP contribution in [0.5, 0.6) is 0 Å². The van der Waals surface area contributed by atoms with E-state index in [2.05, 4.69) is 39.7 Å². The van der Waals surface area contributed by atoms with E-state index in [4.69, 9.17) is 0 Å². The number of benzene rings is 3. The summed E-state index contributed by atoms with van der Waals surface area (Å²) in [5.41, 5.74) is 6.29. The van der Waals surface area contributed by atoms with Crippen molar-refractivity contribution in [2.24, 2.45) is 5.10 Å². The topological polar surface area (TPSA) is 49.6 Å². The van der Waals surface area contributed by atoms with Gasteiger partial charge in [0.1, 0.15) is 0 Å². The van der Waals surface area contributed by atoms with E-state index in [1.807, 2.05) is 79.5 Å². The molecule has 1 N–H and O–H groups in total. The number of nitrogens with zero attached hydrogens (tertiary/aromatic N) is 3. The maximum Gasteiger partial charge on any atom is 0.271 e. The van der Waals surface area contributed by atoms with Gasteiger partial charge >= 0.3 is 0 Å². The number of nitrogens with one attached hydrogen (secondary N) is 1. The van der Waals surface area contributed by atoms with E-state index in [-0.39, 0.29) is 5.91 Å². The van der Waals surface area contributed by atoms with Crippen molar-refractivity contribution in [3.05, 3.63) is 96.3 Å². The summed E-state index contributed by atoms with van der Waals surface area (Å²) in [5.74, 6) is -0.230. The number of aromatic nitrogens is 1. The van der Waals surface area contributed by atoms with E-state index in [1.165, 1.54) is 0 Å². The highest BCUT2D eigenvalue weighted by Crippen LogP contribution is 2.19. The summed E-state index contributed by atoms with van der Waals surface area (Å²) in [5, 5.41) is 6.11. The lowest BCUT2D eigenvalue weighted by atomic mass is 10.0. The summed E-state index contributed by atoms with van der Waals surface area (Å²) in [4.78, 5) is 14.7. The molecule has 0 aliphatic rings. The van der Waals surface area contributed by atoms with Gasteiger partial charge in [0.25, 0.3) is 5.91 Å². The van der Waals surface area contributed by atoms with Crippen LogP contribution in [0, 0.1) is 0 Å². The van der Waals surface area contributed by atoms with Gasteiger partial charge in [-0.05, 0) is 53.2 Å². The zero-order valence-corrected chi connectivity index (χ0v) is 16.4. The molecule has 4 rings (SSSR count). The molecule has 0 bridgehead atoms. The van der Waals surface area contributed by atoms with Gasteiger partial charge in [0.15, 0.2) is 0 Å². The summed E-state index contributed by atoms with van der Waals surface area (Å²) >= 11 is 0. The van der Waals surface area contributed by atoms with Gasteiger partial charge in [-0.15, -0.1) is 0 Å². The van der Waals surface area contributed by atoms with E-state index in [0.717, 1.165) is 27.8 Å². The van der Waals surface area contributed by atoms with Crippen molar-refractivity contribution in [3.8, 4) is 5.69 Å². The second-order valence-electron chi connectivity index (χ2n) is 6.94. The molecule has 4 aromatic rings. The molecule has 5 heteroatoms. The molecule has 5 nitrogen and oxygen atoms in total. The molecule has 29 heavy (non-hydrogen) atoms. The van der Waals surface area contributed by atoms with E-state index >= 15 is 0 Å². The Hall–Kier alpha value is -3.86. The third-order valence-corrected chi connectivity index (χ3v) is 4.82. The van der Waals surface area contributed by atoms with Crippen molar-refractivity contribution in [1.29, 1.82) is 0 Å². The van der Waals surface area contributed by atoms with Crippen LogP contribution in [0.2, 0.25) is 0 Å². The van der Waals surface area contributed by atoms with Gasteiger partial charge in [0.05, 0.1) is 11.9 Å². The van der Waals surface area contributed by atoms with Crippen molar-refractivity contribution in [2.75, 3.05) is 19.0 Å². The quantitative estimate of drug-likeness (QED) is 0.409. The van der Waals surface area contributed by atoms with E-state index in [0.29, 0.717) is 5.56 Å². The first-order valence-electron chi connectivity index (χ1n) is 9.40. The molecule has 0 atom stereocenters. The Kier molecular flexibility index (Phi) is 5.12. The number of carbonyl (C=O) groups excluding carboxylic acids is 1. The largest absolute Gasteiger partial charge is 0.378 e. The maximum absolute atomic E-state index is 12.6. The zero-order valence-electron chi connectivity index (χ0n) is 16.4. The fourth-order valence-electron chi connectivity index (χ4n) is 3.29.